The van der Waals surface area contributed by atoms with Gasteiger partial charge in [0.25, 0.3) is 0 Å². The van der Waals surface area contributed by atoms with E-state index in [-0.39, 0.29) is 25.1 Å². The summed E-state index contributed by atoms with van der Waals surface area (Å²) in [6, 6.07) is 14.7. The minimum Gasteiger partial charge on any atom is -0.465 e. The van der Waals surface area contributed by atoms with Crippen LogP contribution in [0.25, 0.3) is 0 Å². The number of hydrogen-bond acceptors (Lipinski definition) is 6. The first-order valence-corrected chi connectivity index (χ1v) is 10.8. The van der Waals surface area contributed by atoms with Gasteiger partial charge in [-0.3, -0.25) is 0 Å². The molecule has 2 aromatic carbocycles. The molecule has 1 aliphatic carbocycles. The summed E-state index contributed by atoms with van der Waals surface area (Å²) in [4.78, 5) is 35.3. The summed E-state index contributed by atoms with van der Waals surface area (Å²) < 4.78 is 15.2. The third-order valence-electron chi connectivity index (χ3n) is 5.08. The summed E-state index contributed by atoms with van der Waals surface area (Å²) in [6.07, 6.45) is -0.0525. The predicted molar refractivity (Wildman–Crippen MR) is 122 cm³/mol. The summed E-state index contributed by atoms with van der Waals surface area (Å²) in [5.41, 5.74) is 2.76. The van der Waals surface area contributed by atoms with Crippen LogP contribution in [0, 0.1) is 0 Å². The Labute approximate surface area is 193 Å². The molecule has 0 spiro atoms. The third kappa shape index (κ3) is 7.52. The van der Waals surface area contributed by atoms with Crippen LogP contribution in [-0.4, -0.2) is 36.9 Å². The SMILES string of the molecule is COC(=O)c1ccc(CNC(=O)OCc2ccc([C@@H]3C[C@H]3NC(=O)OC(C)(C)C)cc2)cc1. The monoisotopic (exact) mass is 454 g/mol. The van der Waals surface area contributed by atoms with Gasteiger partial charge in [-0.1, -0.05) is 36.4 Å². The highest BCUT2D eigenvalue weighted by Gasteiger charge is 2.40. The van der Waals surface area contributed by atoms with Crippen molar-refractivity contribution in [2.75, 3.05) is 7.11 Å². The number of rotatable bonds is 7. The lowest BCUT2D eigenvalue weighted by atomic mass is 10.1. The van der Waals surface area contributed by atoms with Gasteiger partial charge in [-0.2, -0.15) is 0 Å². The number of amides is 2. The van der Waals surface area contributed by atoms with E-state index in [9.17, 15) is 14.4 Å². The maximum Gasteiger partial charge on any atom is 0.407 e. The van der Waals surface area contributed by atoms with Crippen LogP contribution in [0.15, 0.2) is 48.5 Å². The van der Waals surface area contributed by atoms with E-state index in [2.05, 4.69) is 15.4 Å². The molecular formula is C25H30N2O6. The Morgan fingerprint density at radius 3 is 2.18 bits per heavy atom. The van der Waals surface area contributed by atoms with Crippen molar-refractivity contribution in [3.8, 4) is 0 Å². The number of alkyl carbamates (subject to hydrolysis) is 2. The third-order valence-corrected chi connectivity index (χ3v) is 5.08. The standard InChI is InChI=1S/C25H30N2O6/c1-25(2,3)33-24(30)27-21-13-20(21)18-9-7-17(8-10-18)15-32-23(29)26-14-16-5-11-19(12-6-16)22(28)31-4/h5-12,20-21H,13-15H2,1-4H3,(H,26,29)(H,27,30)/t20-,21+/m0/s1. The van der Waals surface area contributed by atoms with E-state index in [1.165, 1.54) is 7.11 Å². The highest BCUT2D eigenvalue weighted by molar-refractivity contribution is 5.89. The summed E-state index contributed by atoms with van der Waals surface area (Å²) >= 11 is 0. The summed E-state index contributed by atoms with van der Waals surface area (Å²) in [6.45, 7) is 5.94. The van der Waals surface area contributed by atoms with Gasteiger partial charge in [-0.05, 0) is 56.0 Å². The van der Waals surface area contributed by atoms with Gasteiger partial charge in [0.05, 0.1) is 12.7 Å². The summed E-state index contributed by atoms with van der Waals surface area (Å²) in [5.74, 6) is -0.141. The number of carbonyl (C=O) groups excluding carboxylic acids is 3. The highest BCUT2D eigenvalue weighted by Crippen LogP contribution is 2.41. The molecule has 0 saturated heterocycles. The summed E-state index contributed by atoms with van der Waals surface area (Å²) in [5, 5.41) is 5.57. The number of carbonyl (C=O) groups is 3. The molecule has 0 unspecified atom stereocenters. The smallest absolute Gasteiger partial charge is 0.407 e. The Balaban J connectivity index is 1.38. The minimum absolute atomic E-state index is 0.0782. The molecule has 2 amide bonds. The quantitative estimate of drug-likeness (QED) is 0.478. The van der Waals surface area contributed by atoms with Crippen LogP contribution in [0.5, 0.6) is 0 Å². The van der Waals surface area contributed by atoms with Gasteiger partial charge in [-0.25, -0.2) is 14.4 Å². The zero-order valence-corrected chi connectivity index (χ0v) is 19.3. The molecule has 2 N–H and O–H groups in total. The van der Waals surface area contributed by atoms with Crippen LogP contribution in [0.1, 0.15) is 60.2 Å². The van der Waals surface area contributed by atoms with Crippen LogP contribution < -0.4 is 10.6 Å². The van der Waals surface area contributed by atoms with Gasteiger partial charge >= 0.3 is 18.2 Å². The van der Waals surface area contributed by atoms with Crippen molar-refractivity contribution in [3.05, 3.63) is 70.8 Å². The molecule has 8 heteroatoms. The average molecular weight is 455 g/mol. The fourth-order valence-corrected chi connectivity index (χ4v) is 3.29. The molecule has 176 valence electrons. The lowest BCUT2D eigenvalue weighted by Gasteiger charge is -2.19. The molecule has 0 heterocycles. The van der Waals surface area contributed by atoms with Crippen molar-refractivity contribution in [2.45, 2.75) is 57.9 Å². The minimum atomic E-state index is -0.528. The molecule has 2 aromatic rings. The molecule has 1 fully saturated rings. The van der Waals surface area contributed by atoms with E-state index < -0.39 is 23.8 Å². The molecule has 0 aromatic heterocycles. The fraction of sp³-hybridized carbons (Fsp3) is 0.400. The van der Waals surface area contributed by atoms with E-state index in [4.69, 9.17) is 9.47 Å². The fourth-order valence-electron chi connectivity index (χ4n) is 3.29. The maximum absolute atomic E-state index is 12.0. The second kappa shape index (κ2) is 10.4. The zero-order chi connectivity index (χ0) is 24.0. The Morgan fingerprint density at radius 1 is 0.939 bits per heavy atom. The van der Waals surface area contributed by atoms with Crippen LogP contribution in [0.3, 0.4) is 0 Å². The molecule has 33 heavy (non-hydrogen) atoms. The van der Waals surface area contributed by atoms with Crippen LogP contribution in [0.4, 0.5) is 9.59 Å². The number of ether oxygens (including phenoxy) is 3. The first-order chi connectivity index (χ1) is 15.6. The largest absolute Gasteiger partial charge is 0.465 e. The second-order valence-corrected chi connectivity index (χ2v) is 8.95. The number of benzene rings is 2. The van der Waals surface area contributed by atoms with Gasteiger partial charge in [0.15, 0.2) is 0 Å². The molecule has 2 atom stereocenters. The lowest BCUT2D eigenvalue weighted by Crippen LogP contribution is -2.34. The molecule has 0 bridgehead atoms. The van der Waals surface area contributed by atoms with Gasteiger partial charge in [0, 0.05) is 18.5 Å². The van der Waals surface area contributed by atoms with Gasteiger partial charge in [-0.15, -0.1) is 0 Å². The van der Waals surface area contributed by atoms with Crippen LogP contribution >= 0.6 is 0 Å². The zero-order valence-electron chi connectivity index (χ0n) is 19.3. The van der Waals surface area contributed by atoms with Crippen molar-refractivity contribution in [3.63, 3.8) is 0 Å². The first-order valence-electron chi connectivity index (χ1n) is 10.8. The van der Waals surface area contributed by atoms with Crippen molar-refractivity contribution < 1.29 is 28.6 Å². The second-order valence-electron chi connectivity index (χ2n) is 8.95. The van der Waals surface area contributed by atoms with Crippen molar-refractivity contribution in [1.82, 2.24) is 10.6 Å². The van der Waals surface area contributed by atoms with E-state index in [0.717, 1.165) is 23.1 Å². The highest BCUT2D eigenvalue weighted by atomic mass is 16.6. The number of esters is 1. The normalized spacial score (nSPS) is 17.0. The molecule has 0 radical (unpaired) electrons. The maximum atomic E-state index is 12.0. The lowest BCUT2D eigenvalue weighted by molar-refractivity contribution is 0.0521. The van der Waals surface area contributed by atoms with E-state index in [1.54, 1.807) is 24.3 Å². The van der Waals surface area contributed by atoms with Crippen LogP contribution in [0.2, 0.25) is 0 Å². The van der Waals surface area contributed by atoms with E-state index >= 15 is 0 Å². The number of nitrogens with one attached hydrogen (secondary N) is 2. The molecule has 0 aliphatic heterocycles. The van der Waals surface area contributed by atoms with Crippen molar-refractivity contribution in [1.29, 1.82) is 0 Å². The first kappa shape index (κ1) is 24.1. The molecule has 3 rings (SSSR count). The Hall–Kier alpha value is -3.55. The van der Waals surface area contributed by atoms with E-state index in [0.29, 0.717) is 5.56 Å². The molecular weight excluding hydrogens is 424 g/mol. The van der Waals surface area contributed by atoms with Crippen molar-refractivity contribution in [2.24, 2.45) is 0 Å². The van der Waals surface area contributed by atoms with Gasteiger partial charge in [0.2, 0.25) is 0 Å². The topological polar surface area (TPSA) is 103 Å². The Morgan fingerprint density at radius 2 is 1.58 bits per heavy atom. The molecule has 1 aliphatic rings. The van der Waals surface area contributed by atoms with Crippen molar-refractivity contribution >= 4 is 18.2 Å². The predicted octanol–water partition coefficient (Wildman–Crippen LogP) is 4.28. The Kier molecular flexibility index (Phi) is 7.58. The average Bonchev–Trinajstić information content (AvgIpc) is 3.53. The van der Waals surface area contributed by atoms with Crippen LogP contribution in [-0.2, 0) is 27.4 Å². The van der Waals surface area contributed by atoms with Gasteiger partial charge in [0.1, 0.15) is 12.2 Å². The van der Waals surface area contributed by atoms with Gasteiger partial charge < -0.3 is 24.8 Å². The number of hydrogen-bond donors (Lipinski definition) is 2. The molecule has 8 nitrogen and oxygen atoms in total. The summed E-state index contributed by atoms with van der Waals surface area (Å²) in [7, 11) is 1.33. The van der Waals surface area contributed by atoms with E-state index in [1.807, 2.05) is 45.0 Å². The number of methoxy groups -OCH3 is 1. The molecule has 1 saturated carbocycles. The Bertz CT molecular complexity index is 979.